The molecule has 0 aliphatic carbocycles. The maximum Gasteiger partial charge on any atom is 0.260 e. The molecule has 0 spiro atoms. The van der Waals surface area contributed by atoms with E-state index in [2.05, 4.69) is 36.2 Å². The van der Waals surface area contributed by atoms with E-state index in [0.29, 0.717) is 29.4 Å². The quantitative estimate of drug-likeness (QED) is 0.614. The van der Waals surface area contributed by atoms with Crippen molar-refractivity contribution in [3.05, 3.63) is 53.6 Å². The number of hydrogen-bond acceptors (Lipinski definition) is 5. The molecule has 0 atom stereocenters. The fraction of sp³-hybridized carbons (Fsp3) is 0.435. The minimum atomic E-state index is -0.0288. The second-order valence-corrected chi connectivity index (χ2v) is 7.29. The molecule has 1 aliphatic heterocycles. The Hall–Kier alpha value is -2.73. The Morgan fingerprint density at radius 3 is 2.45 bits per heavy atom. The molecule has 156 valence electrons. The Bertz CT molecular complexity index is 810. The number of nitrogens with zero attached hydrogens (tertiary/aromatic N) is 2. The van der Waals surface area contributed by atoms with E-state index < -0.39 is 0 Å². The van der Waals surface area contributed by atoms with Crippen LogP contribution in [0, 0.1) is 0 Å². The number of amides is 1. The monoisotopic (exact) mass is 398 g/mol. The maximum absolute atomic E-state index is 12.8. The molecule has 1 amide bonds. The summed E-state index contributed by atoms with van der Waals surface area (Å²) < 4.78 is 16.4. The second-order valence-electron chi connectivity index (χ2n) is 7.29. The summed E-state index contributed by atoms with van der Waals surface area (Å²) in [5.41, 5.74) is 1.90. The molecular weight excluding hydrogens is 368 g/mol. The summed E-state index contributed by atoms with van der Waals surface area (Å²) in [6, 6.07) is 14.0. The van der Waals surface area contributed by atoms with Crippen LogP contribution in [0.25, 0.3) is 0 Å². The first-order chi connectivity index (χ1) is 14.1. The molecule has 29 heavy (non-hydrogen) atoms. The van der Waals surface area contributed by atoms with Gasteiger partial charge >= 0.3 is 0 Å². The molecule has 6 heteroatoms. The van der Waals surface area contributed by atoms with Crippen LogP contribution < -0.4 is 14.2 Å². The van der Waals surface area contributed by atoms with E-state index >= 15 is 0 Å². The number of fused-ring (bicyclic) bond motifs is 1. The average molecular weight is 399 g/mol. The van der Waals surface area contributed by atoms with Crippen LogP contribution in [0.1, 0.15) is 28.8 Å². The van der Waals surface area contributed by atoms with Gasteiger partial charge in [-0.2, -0.15) is 0 Å². The van der Waals surface area contributed by atoms with E-state index in [-0.39, 0.29) is 12.6 Å². The number of methoxy groups -OCH3 is 2. The molecule has 2 aromatic rings. The maximum atomic E-state index is 12.8. The molecular formula is C23H30N2O4. The zero-order chi connectivity index (χ0) is 20.6. The first-order valence-electron chi connectivity index (χ1n) is 10.0. The lowest BCUT2D eigenvalue weighted by molar-refractivity contribution is 0.0510. The van der Waals surface area contributed by atoms with Crippen molar-refractivity contribution < 1.29 is 19.0 Å². The average Bonchev–Trinajstić information content (AvgIpc) is 2.75. The van der Waals surface area contributed by atoms with Crippen LogP contribution in [0.3, 0.4) is 0 Å². The van der Waals surface area contributed by atoms with Crippen LogP contribution in [0.4, 0.5) is 0 Å². The van der Waals surface area contributed by atoms with Gasteiger partial charge in [0, 0.05) is 18.7 Å². The third kappa shape index (κ3) is 5.41. The molecule has 6 nitrogen and oxygen atoms in total. The second kappa shape index (κ2) is 10.2. The van der Waals surface area contributed by atoms with E-state index in [9.17, 15) is 4.79 Å². The summed E-state index contributed by atoms with van der Waals surface area (Å²) in [5.74, 6) is 1.61. The van der Waals surface area contributed by atoms with Crippen molar-refractivity contribution in [2.45, 2.75) is 19.3 Å². The van der Waals surface area contributed by atoms with Crippen molar-refractivity contribution in [3.63, 3.8) is 0 Å². The van der Waals surface area contributed by atoms with Crippen LogP contribution in [-0.4, -0.2) is 63.3 Å². The number of carbonyl (C=O) groups is 1. The minimum Gasteiger partial charge on any atom is -0.493 e. The van der Waals surface area contributed by atoms with Crippen LogP contribution in [0.5, 0.6) is 17.2 Å². The Kier molecular flexibility index (Phi) is 7.36. The molecule has 0 fully saturated rings. The van der Waals surface area contributed by atoms with Crippen LogP contribution in [-0.2, 0) is 6.42 Å². The highest BCUT2D eigenvalue weighted by molar-refractivity contribution is 5.98. The normalized spacial score (nSPS) is 13.2. The summed E-state index contributed by atoms with van der Waals surface area (Å²) >= 11 is 0. The van der Waals surface area contributed by atoms with Crippen molar-refractivity contribution in [2.75, 3.05) is 47.6 Å². The van der Waals surface area contributed by atoms with E-state index in [1.54, 1.807) is 31.3 Å². The predicted octanol–water partition coefficient (Wildman–Crippen LogP) is 3.45. The summed E-state index contributed by atoms with van der Waals surface area (Å²) in [5, 5.41) is 0. The lowest BCUT2D eigenvalue weighted by Gasteiger charge is -2.30. The zero-order valence-corrected chi connectivity index (χ0v) is 17.5. The molecule has 0 bridgehead atoms. The lowest BCUT2D eigenvalue weighted by Crippen LogP contribution is -2.40. The van der Waals surface area contributed by atoms with E-state index in [1.807, 2.05) is 6.07 Å². The molecule has 3 rings (SSSR count). The van der Waals surface area contributed by atoms with Gasteiger partial charge in [-0.05, 0) is 45.0 Å². The summed E-state index contributed by atoms with van der Waals surface area (Å²) in [4.78, 5) is 16.9. The SMILES string of the molecule is COc1cc2c(cc1OC)C(=O)N(CCCN(C)CCCc1ccccc1)CO2. The first-order valence-corrected chi connectivity index (χ1v) is 10.0. The van der Waals surface area contributed by atoms with Crippen molar-refractivity contribution >= 4 is 5.91 Å². The number of rotatable bonds is 10. The Balaban J connectivity index is 1.45. The van der Waals surface area contributed by atoms with Crippen LogP contribution >= 0.6 is 0 Å². The zero-order valence-electron chi connectivity index (χ0n) is 17.5. The molecule has 1 heterocycles. The standard InChI is InChI=1S/C23H30N2O4/c1-24(12-7-11-18-9-5-4-6-10-18)13-8-14-25-17-29-20-16-22(28-3)21(27-2)15-19(20)23(25)26/h4-6,9-10,15-16H,7-8,11-14,17H2,1-3H3. The third-order valence-corrected chi connectivity index (χ3v) is 5.20. The molecule has 0 aromatic heterocycles. The Morgan fingerprint density at radius 2 is 1.72 bits per heavy atom. The Labute approximate surface area is 173 Å². The molecule has 1 aliphatic rings. The highest BCUT2D eigenvalue weighted by Crippen LogP contribution is 2.37. The van der Waals surface area contributed by atoms with Gasteiger partial charge in [0.15, 0.2) is 18.2 Å². The smallest absolute Gasteiger partial charge is 0.260 e. The molecule has 2 aromatic carbocycles. The number of hydrogen-bond donors (Lipinski definition) is 0. The van der Waals surface area contributed by atoms with Gasteiger partial charge in [0.2, 0.25) is 0 Å². The van der Waals surface area contributed by atoms with Gasteiger partial charge in [-0.25, -0.2) is 0 Å². The van der Waals surface area contributed by atoms with Gasteiger partial charge in [0.05, 0.1) is 19.8 Å². The topological polar surface area (TPSA) is 51.2 Å². The van der Waals surface area contributed by atoms with Gasteiger partial charge in [0.1, 0.15) is 5.75 Å². The largest absolute Gasteiger partial charge is 0.493 e. The predicted molar refractivity (Wildman–Crippen MR) is 113 cm³/mol. The van der Waals surface area contributed by atoms with E-state index in [4.69, 9.17) is 14.2 Å². The van der Waals surface area contributed by atoms with Gasteiger partial charge < -0.3 is 24.0 Å². The van der Waals surface area contributed by atoms with Crippen molar-refractivity contribution in [2.24, 2.45) is 0 Å². The van der Waals surface area contributed by atoms with Crippen LogP contribution in [0.2, 0.25) is 0 Å². The van der Waals surface area contributed by atoms with E-state index in [0.717, 1.165) is 32.4 Å². The third-order valence-electron chi connectivity index (χ3n) is 5.20. The van der Waals surface area contributed by atoms with Crippen molar-refractivity contribution in [1.29, 1.82) is 0 Å². The first kappa shape index (κ1) is 21.0. The molecule has 0 radical (unpaired) electrons. The lowest BCUT2D eigenvalue weighted by atomic mass is 10.1. The summed E-state index contributed by atoms with van der Waals surface area (Å²) in [6.07, 6.45) is 3.12. The number of carbonyl (C=O) groups excluding carboxylic acids is 1. The fourth-order valence-corrected chi connectivity index (χ4v) is 3.53. The van der Waals surface area contributed by atoms with Gasteiger partial charge in [-0.1, -0.05) is 30.3 Å². The van der Waals surface area contributed by atoms with E-state index in [1.165, 1.54) is 5.56 Å². The summed E-state index contributed by atoms with van der Waals surface area (Å²) in [6.45, 7) is 2.91. The fourth-order valence-electron chi connectivity index (χ4n) is 3.53. The molecule has 0 unspecified atom stereocenters. The van der Waals surface area contributed by atoms with Crippen molar-refractivity contribution in [3.8, 4) is 17.2 Å². The molecule has 0 saturated carbocycles. The number of ether oxygens (including phenoxy) is 3. The molecule has 0 saturated heterocycles. The molecule has 0 N–H and O–H groups in total. The minimum absolute atomic E-state index is 0.0288. The highest BCUT2D eigenvalue weighted by Gasteiger charge is 2.27. The Morgan fingerprint density at radius 1 is 1.03 bits per heavy atom. The summed E-state index contributed by atoms with van der Waals surface area (Å²) in [7, 11) is 5.26. The number of benzene rings is 2. The number of aryl methyl sites for hydroxylation is 1. The van der Waals surface area contributed by atoms with Gasteiger partial charge in [-0.15, -0.1) is 0 Å². The van der Waals surface area contributed by atoms with Crippen LogP contribution in [0.15, 0.2) is 42.5 Å². The van der Waals surface area contributed by atoms with Crippen molar-refractivity contribution in [1.82, 2.24) is 9.80 Å². The highest BCUT2D eigenvalue weighted by atomic mass is 16.5. The van der Waals surface area contributed by atoms with Gasteiger partial charge in [0.25, 0.3) is 5.91 Å². The van der Waals surface area contributed by atoms with Gasteiger partial charge in [-0.3, -0.25) is 4.79 Å².